The largest absolute Gasteiger partial charge is 0.494 e. The molecule has 0 saturated carbocycles. The molecule has 3 rings (SSSR count). The van der Waals surface area contributed by atoms with Gasteiger partial charge in [0.05, 0.1) is 13.2 Å². The maximum atomic E-state index is 13.6. The van der Waals surface area contributed by atoms with Crippen LogP contribution < -0.4 is 15.4 Å². The molecule has 27 heavy (non-hydrogen) atoms. The van der Waals surface area contributed by atoms with Crippen molar-refractivity contribution in [3.8, 4) is 5.75 Å². The predicted molar refractivity (Wildman–Crippen MR) is 98.0 cm³/mol. The van der Waals surface area contributed by atoms with E-state index >= 15 is 0 Å². The van der Waals surface area contributed by atoms with Crippen molar-refractivity contribution >= 4 is 11.8 Å². The number of hydrogen-bond acceptors (Lipinski definition) is 4. The van der Waals surface area contributed by atoms with Crippen LogP contribution in [0.25, 0.3) is 0 Å². The number of hydrogen-bond donors (Lipinski definition) is 2. The number of halogens is 1. The zero-order chi connectivity index (χ0) is 19.3. The van der Waals surface area contributed by atoms with E-state index in [0.29, 0.717) is 38.6 Å². The third kappa shape index (κ3) is 5.19. The Labute approximate surface area is 158 Å². The molecule has 2 saturated heterocycles. The lowest BCUT2D eigenvalue weighted by atomic mass is 9.85. The van der Waals surface area contributed by atoms with Crippen LogP contribution in [0, 0.1) is 5.82 Å². The SMILES string of the molecule is COc1cc(C[C@]2(CCC(=O)NC[C@H]3CCCO3)CCC(=O)N2)ccc1F. The lowest BCUT2D eigenvalue weighted by molar-refractivity contribution is -0.123. The standard InChI is InChI=1S/C20H27FN2O4/c1-26-17-11-14(4-5-16(17)21)12-20(9-7-19(25)23-20)8-6-18(24)22-13-15-3-2-10-27-15/h4-5,11,15H,2-3,6-10,12-13H2,1H3,(H,22,24)(H,23,25)/t15-,20+/m1/s1. The highest BCUT2D eigenvalue weighted by molar-refractivity contribution is 5.80. The molecule has 7 heteroatoms. The summed E-state index contributed by atoms with van der Waals surface area (Å²) in [5, 5.41) is 5.96. The second kappa shape index (κ2) is 8.69. The Hall–Kier alpha value is -2.15. The van der Waals surface area contributed by atoms with E-state index in [0.717, 1.165) is 25.0 Å². The quantitative estimate of drug-likeness (QED) is 0.726. The van der Waals surface area contributed by atoms with Crippen LogP contribution in [0.1, 0.15) is 44.1 Å². The van der Waals surface area contributed by atoms with Gasteiger partial charge in [0.25, 0.3) is 0 Å². The molecule has 2 fully saturated rings. The summed E-state index contributed by atoms with van der Waals surface area (Å²) in [4.78, 5) is 24.1. The van der Waals surface area contributed by atoms with E-state index in [1.54, 1.807) is 12.1 Å². The van der Waals surface area contributed by atoms with Crippen molar-refractivity contribution in [1.29, 1.82) is 0 Å². The van der Waals surface area contributed by atoms with Gasteiger partial charge >= 0.3 is 0 Å². The molecular weight excluding hydrogens is 351 g/mol. The van der Waals surface area contributed by atoms with Gasteiger partial charge < -0.3 is 20.1 Å². The molecule has 0 unspecified atom stereocenters. The Bertz CT molecular complexity index is 691. The highest BCUT2D eigenvalue weighted by atomic mass is 19.1. The van der Waals surface area contributed by atoms with Gasteiger partial charge in [-0.05, 0) is 49.8 Å². The molecule has 0 bridgehead atoms. The van der Waals surface area contributed by atoms with Gasteiger partial charge in [0, 0.05) is 31.5 Å². The number of nitrogens with one attached hydrogen (secondary N) is 2. The van der Waals surface area contributed by atoms with Gasteiger partial charge in [-0.25, -0.2) is 4.39 Å². The fourth-order valence-electron chi connectivity index (χ4n) is 3.86. The maximum Gasteiger partial charge on any atom is 0.220 e. The molecule has 1 aromatic carbocycles. The lowest BCUT2D eigenvalue weighted by Crippen LogP contribution is -2.44. The number of rotatable bonds is 8. The average molecular weight is 378 g/mol. The first kappa shape index (κ1) is 19.6. The van der Waals surface area contributed by atoms with Gasteiger partial charge in [-0.1, -0.05) is 6.07 Å². The van der Waals surface area contributed by atoms with Crippen molar-refractivity contribution in [2.45, 2.75) is 56.6 Å². The summed E-state index contributed by atoms with van der Waals surface area (Å²) in [7, 11) is 1.42. The number of carbonyl (C=O) groups is 2. The first-order valence-corrected chi connectivity index (χ1v) is 9.51. The Morgan fingerprint density at radius 2 is 2.33 bits per heavy atom. The highest BCUT2D eigenvalue weighted by Gasteiger charge is 2.38. The van der Waals surface area contributed by atoms with Crippen molar-refractivity contribution in [3.63, 3.8) is 0 Å². The highest BCUT2D eigenvalue weighted by Crippen LogP contribution is 2.31. The molecule has 0 aliphatic carbocycles. The minimum absolute atomic E-state index is 0.0103. The van der Waals surface area contributed by atoms with Crippen LogP contribution in [0.2, 0.25) is 0 Å². The molecule has 2 N–H and O–H groups in total. The average Bonchev–Trinajstić information content (AvgIpc) is 3.30. The van der Waals surface area contributed by atoms with Crippen LogP contribution in [0.15, 0.2) is 18.2 Å². The van der Waals surface area contributed by atoms with Gasteiger partial charge in [-0.15, -0.1) is 0 Å². The Balaban J connectivity index is 1.59. The van der Waals surface area contributed by atoms with Crippen molar-refractivity contribution in [2.24, 2.45) is 0 Å². The van der Waals surface area contributed by atoms with Gasteiger partial charge in [0.2, 0.25) is 11.8 Å². The van der Waals surface area contributed by atoms with E-state index in [9.17, 15) is 14.0 Å². The molecule has 0 spiro atoms. The summed E-state index contributed by atoms with van der Waals surface area (Å²) in [6.45, 7) is 1.30. The zero-order valence-corrected chi connectivity index (χ0v) is 15.7. The number of carbonyl (C=O) groups excluding carboxylic acids is 2. The van der Waals surface area contributed by atoms with E-state index in [-0.39, 0.29) is 23.7 Å². The van der Waals surface area contributed by atoms with Crippen LogP contribution >= 0.6 is 0 Å². The fourth-order valence-corrected chi connectivity index (χ4v) is 3.86. The van der Waals surface area contributed by atoms with Gasteiger partial charge in [0.15, 0.2) is 11.6 Å². The van der Waals surface area contributed by atoms with Crippen molar-refractivity contribution in [3.05, 3.63) is 29.6 Å². The van der Waals surface area contributed by atoms with Crippen molar-refractivity contribution < 1.29 is 23.5 Å². The first-order chi connectivity index (χ1) is 13.0. The van der Waals surface area contributed by atoms with E-state index in [1.807, 2.05) is 0 Å². The summed E-state index contributed by atoms with van der Waals surface area (Å²) in [6.07, 6.45) is 4.63. The summed E-state index contributed by atoms with van der Waals surface area (Å²) < 4.78 is 24.2. The predicted octanol–water partition coefficient (Wildman–Crippen LogP) is 2.10. The molecule has 2 heterocycles. The third-order valence-electron chi connectivity index (χ3n) is 5.37. The second-order valence-corrected chi connectivity index (χ2v) is 7.41. The summed E-state index contributed by atoms with van der Waals surface area (Å²) >= 11 is 0. The van der Waals surface area contributed by atoms with Gasteiger partial charge in [-0.3, -0.25) is 9.59 Å². The molecule has 2 aliphatic rings. The van der Waals surface area contributed by atoms with E-state index in [1.165, 1.54) is 13.2 Å². The number of methoxy groups -OCH3 is 1. The second-order valence-electron chi connectivity index (χ2n) is 7.41. The third-order valence-corrected chi connectivity index (χ3v) is 5.37. The Kier molecular flexibility index (Phi) is 6.31. The number of amides is 2. The monoisotopic (exact) mass is 378 g/mol. The first-order valence-electron chi connectivity index (χ1n) is 9.51. The molecule has 2 amide bonds. The van der Waals surface area contributed by atoms with Crippen LogP contribution in [0.4, 0.5) is 4.39 Å². The van der Waals surface area contributed by atoms with Crippen LogP contribution in [-0.2, 0) is 20.7 Å². The summed E-state index contributed by atoms with van der Waals surface area (Å²) in [6, 6.07) is 4.72. The molecule has 1 aromatic rings. The smallest absolute Gasteiger partial charge is 0.220 e. The van der Waals surface area contributed by atoms with E-state index in [4.69, 9.17) is 9.47 Å². The van der Waals surface area contributed by atoms with Crippen LogP contribution in [-0.4, -0.2) is 43.7 Å². The van der Waals surface area contributed by atoms with Crippen molar-refractivity contribution in [2.75, 3.05) is 20.3 Å². The molecule has 0 radical (unpaired) electrons. The topological polar surface area (TPSA) is 76.7 Å². The van der Waals surface area contributed by atoms with Gasteiger partial charge in [0.1, 0.15) is 0 Å². The van der Waals surface area contributed by atoms with E-state index < -0.39 is 11.4 Å². The lowest BCUT2D eigenvalue weighted by Gasteiger charge is -2.29. The summed E-state index contributed by atoms with van der Waals surface area (Å²) in [5.41, 5.74) is 0.386. The van der Waals surface area contributed by atoms with Crippen molar-refractivity contribution in [1.82, 2.24) is 10.6 Å². The Morgan fingerprint density at radius 1 is 1.48 bits per heavy atom. The van der Waals surface area contributed by atoms with Crippen LogP contribution in [0.5, 0.6) is 5.75 Å². The molecule has 2 atom stereocenters. The van der Waals surface area contributed by atoms with Crippen LogP contribution in [0.3, 0.4) is 0 Å². The normalized spacial score (nSPS) is 24.7. The minimum Gasteiger partial charge on any atom is -0.494 e. The summed E-state index contributed by atoms with van der Waals surface area (Å²) in [5.74, 6) is -0.285. The Morgan fingerprint density at radius 3 is 3.00 bits per heavy atom. The molecule has 148 valence electrons. The number of benzene rings is 1. The molecule has 6 nitrogen and oxygen atoms in total. The maximum absolute atomic E-state index is 13.6. The zero-order valence-electron chi connectivity index (χ0n) is 15.7. The van der Waals surface area contributed by atoms with Gasteiger partial charge in [-0.2, -0.15) is 0 Å². The fraction of sp³-hybridized carbons (Fsp3) is 0.600. The molecular formula is C20H27FN2O4. The molecule has 2 aliphatic heterocycles. The minimum atomic E-state index is -0.485. The van der Waals surface area contributed by atoms with E-state index in [2.05, 4.69) is 10.6 Å². The molecule has 0 aromatic heterocycles. The number of ether oxygens (including phenoxy) is 2.